The Morgan fingerprint density at radius 3 is 2.53 bits per heavy atom. The van der Waals surface area contributed by atoms with Gasteiger partial charge in [0, 0.05) is 6.26 Å². The maximum absolute atomic E-state index is 13.3. The van der Waals surface area contributed by atoms with Gasteiger partial charge in [-0.2, -0.15) is 0 Å². The van der Waals surface area contributed by atoms with Gasteiger partial charge in [0.1, 0.15) is 11.9 Å². The van der Waals surface area contributed by atoms with Gasteiger partial charge in [-0.3, -0.25) is 4.79 Å². The molecular formula is C10H12FNO4S. The van der Waals surface area contributed by atoms with E-state index in [9.17, 15) is 17.6 Å². The lowest BCUT2D eigenvalue weighted by Gasteiger charge is -2.12. The van der Waals surface area contributed by atoms with E-state index >= 15 is 0 Å². The largest absolute Gasteiger partial charge is 0.480 e. The van der Waals surface area contributed by atoms with Gasteiger partial charge in [0.05, 0.1) is 10.6 Å². The molecule has 0 saturated heterocycles. The zero-order valence-electron chi connectivity index (χ0n) is 9.27. The van der Waals surface area contributed by atoms with Crippen molar-refractivity contribution in [3.05, 3.63) is 24.0 Å². The van der Waals surface area contributed by atoms with E-state index < -0.39 is 27.7 Å². The van der Waals surface area contributed by atoms with E-state index in [1.54, 1.807) is 0 Å². The molecule has 0 radical (unpaired) electrons. The van der Waals surface area contributed by atoms with Crippen molar-refractivity contribution >= 4 is 21.5 Å². The molecule has 5 nitrogen and oxygen atoms in total. The number of carbonyl (C=O) groups is 1. The van der Waals surface area contributed by atoms with E-state index in [-0.39, 0.29) is 10.6 Å². The van der Waals surface area contributed by atoms with Crippen molar-refractivity contribution in [1.29, 1.82) is 0 Å². The maximum atomic E-state index is 13.3. The van der Waals surface area contributed by atoms with Crippen LogP contribution >= 0.6 is 0 Å². The maximum Gasteiger partial charge on any atom is 0.325 e. The summed E-state index contributed by atoms with van der Waals surface area (Å²) in [6.45, 7) is 1.33. The van der Waals surface area contributed by atoms with Gasteiger partial charge in [-0.05, 0) is 25.1 Å². The van der Waals surface area contributed by atoms with Crippen molar-refractivity contribution in [2.45, 2.75) is 17.9 Å². The van der Waals surface area contributed by atoms with E-state index in [2.05, 4.69) is 5.32 Å². The predicted molar refractivity (Wildman–Crippen MR) is 60.2 cm³/mol. The lowest BCUT2D eigenvalue weighted by atomic mass is 10.2. The molecule has 0 bridgehead atoms. The smallest absolute Gasteiger partial charge is 0.325 e. The Hall–Kier alpha value is -1.63. The van der Waals surface area contributed by atoms with Crippen LogP contribution in [0.3, 0.4) is 0 Å². The summed E-state index contributed by atoms with van der Waals surface area (Å²) >= 11 is 0. The molecule has 1 atom stereocenters. The van der Waals surface area contributed by atoms with Gasteiger partial charge in [0.25, 0.3) is 0 Å². The predicted octanol–water partition coefficient (Wildman–Crippen LogP) is 1.11. The van der Waals surface area contributed by atoms with Crippen LogP contribution in [-0.2, 0) is 14.6 Å². The van der Waals surface area contributed by atoms with Crippen LogP contribution in [0.5, 0.6) is 0 Å². The number of rotatable bonds is 4. The molecule has 2 N–H and O–H groups in total. The lowest BCUT2D eigenvalue weighted by Crippen LogP contribution is -2.26. The van der Waals surface area contributed by atoms with Crippen molar-refractivity contribution in [2.24, 2.45) is 0 Å². The minimum Gasteiger partial charge on any atom is -0.480 e. The molecule has 0 aromatic heterocycles. The third-order valence-corrected chi connectivity index (χ3v) is 3.22. The Labute approximate surface area is 98.2 Å². The lowest BCUT2D eigenvalue weighted by molar-refractivity contribution is -0.137. The number of halogens is 1. The van der Waals surface area contributed by atoms with Crippen LogP contribution in [0, 0.1) is 5.82 Å². The minimum atomic E-state index is -3.45. The summed E-state index contributed by atoms with van der Waals surface area (Å²) < 4.78 is 35.8. The summed E-state index contributed by atoms with van der Waals surface area (Å²) in [5.41, 5.74) is -0.150. The molecule has 0 spiro atoms. The number of hydrogen-bond donors (Lipinski definition) is 2. The zero-order valence-corrected chi connectivity index (χ0v) is 10.1. The molecule has 1 unspecified atom stereocenters. The molecule has 94 valence electrons. The molecule has 1 aromatic rings. The summed E-state index contributed by atoms with van der Waals surface area (Å²) in [4.78, 5) is 10.5. The molecule has 1 rings (SSSR count). The normalized spacial score (nSPS) is 13.1. The monoisotopic (exact) mass is 261 g/mol. The number of sulfone groups is 1. The van der Waals surface area contributed by atoms with E-state index in [0.717, 1.165) is 24.5 Å². The van der Waals surface area contributed by atoms with Crippen LogP contribution in [0.4, 0.5) is 10.1 Å². The fourth-order valence-corrected chi connectivity index (χ4v) is 1.79. The van der Waals surface area contributed by atoms with Crippen LogP contribution in [0.1, 0.15) is 6.92 Å². The number of carboxylic acid groups (broad SMARTS) is 1. The molecular weight excluding hydrogens is 249 g/mol. The second-order valence-corrected chi connectivity index (χ2v) is 5.63. The van der Waals surface area contributed by atoms with Gasteiger partial charge in [-0.25, -0.2) is 12.8 Å². The van der Waals surface area contributed by atoms with Gasteiger partial charge in [-0.15, -0.1) is 0 Å². The average Bonchev–Trinajstić information content (AvgIpc) is 2.19. The topological polar surface area (TPSA) is 83.5 Å². The fourth-order valence-electron chi connectivity index (χ4n) is 1.14. The van der Waals surface area contributed by atoms with Gasteiger partial charge in [-0.1, -0.05) is 0 Å². The fraction of sp³-hybridized carbons (Fsp3) is 0.300. The summed E-state index contributed by atoms with van der Waals surface area (Å²) in [6.07, 6.45) is 0.991. The number of anilines is 1. The molecule has 0 heterocycles. The third kappa shape index (κ3) is 3.42. The molecule has 0 aliphatic rings. The highest BCUT2D eigenvalue weighted by Gasteiger charge is 2.15. The molecule has 0 saturated carbocycles. The summed E-state index contributed by atoms with van der Waals surface area (Å²) in [7, 11) is -3.45. The van der Waals surface area contributed by atoms with Crippen LogP contribution in [0.25, 0.3) is 0 Å². The van der Waals surface area contributed by atoms with Crippen molar-refractivity contribution in [3.63, 3.8) is 0 Å². The van der Waals surface area contributed by atoms with Crippen LogP contribution < -0.4 is 5.32 Å². The summed E-state index contributed by atoms with van der Waals surface area (Å²) in [6, 6.07) is 2.16. The Morgan fingerprint density at radius 2 is 2.06 bits per heavy atom. The van der Waals surface area contributed by atoms with Crippen LogP contribution in [0.15, 0.2) is 23.1 Å². The highest BCUT2D eigenvalue weighted by Crippen LogP contribution is 2.20. The molecule has 7 heteroatoms. The summed E-state index contributed by atoms with van der Waals surface area (Å²) in [5, 5.41) is 11.0. The van der Waals surface area contributed by atoms with Crippen LogP contribution in [-0.4, -0.2) is 31.8 Å². The second-order valence-electron chi connectivity index (χ2n) is 3.62. The van der Waals surface area contributed by atoms with E-state index in [1.165, 1.54) is 6.92 Å². The van der Waals surface area contributed by atoms with Crippen molar-refractivity contribution in [2.75, 3.05) is 11.6 Å². The Morgan fingerprint density at radius 1 is 1.47 bits per heavy atom. The molecule has 1 aromatic carbocycles. The molecule has 0 aliphatic carbocycles. The standard InChI is InChI=1S/C10H12FNO4S/c1-6(10(13)14)12-9-5-7(17(2,15)16)3-4-8(9)11/h3-6,12H,1-2H3,(H,13,14). The average molecular weight is 261 g/mol. The number of aliphatic carboxylic acids is 1. The molecule has 0 amide bonds. The van der Waals surface area contributed by atoms with Crippen molar-refractivity contribution in [3.8, 4) is 0 Å². The van der Waals surface area contributed by atoms with Gasteiger partial charge >= 0.3 is 5.97 Å². The first-order chi connectivity index (χ1) is 7.71. The molecule has 0 aliphatic heterocycles. The Kier molecular flexibility index (Phi) is 3.72. The number of nitrogens with one attached hydrogen (secondary N) is 1. The van der Waals surface area contributed by atoms with Crippen molar-refractivity contribution < 1.29 is 22.7 Å². The van der Waals surface area contributed by atoms with Gasteiger partial charge < -0.3 is 10.4 Å². The first kappa shape index (κ1) is 13.4. The second kappa shape index (κ2) is 4.70. The van der Waals surface area contributed by atoms with Crippen LogP contribution in [0.2, 0.25) is 0 Å². The van der Waals surface area contributed by atoms with E-state index in [1.807, 2.05) is 0 Å². The van der Waals surface area contributed by atoms with Crippen molar-refractivity contribution in [1.82, 2.24) is 0 Å². The van der Waals surface area contributed by atoms with E-state index in [0.29, 0.717) is 0 Å². The summed E-state index contributed by atoms with van der Waals surface area (Å²) in [5.74, 6) is -1.86. The minimum absolute atomic E-state index is 0.0704. The van der Waals surface area contributed by atoms with E-state index in [4.69, 9.17) is 5.11 Å². The number of hydrogen-bond acceptors (Lipinski definition) is 4. The third-order valence-electron chi connectivity index (χ3n) is 2.11. The van der Waals surface area contributed by atoms with Gasteiger partial charge in [0.15, 0.2) is 9.84 Å². The first-order valence-corrected chi connectivity index (χ1v) is 6.60. The highest BCUT2D eigenvalue weighted by molar-refractivity contribution is 7.90. The van der Waals surface area contributed by atoms with Gasteiger partial charge in [0.2, 0.25) is 0 Å². The first-order valence-electron chi connectivity index (χ1n) is 4.71. The molecule has 17 heavy (non-hydrogen) atoms. The number of benzene rings is 1. The quantitative estimate of drug-likeness (QED) is 0.793. The number of carboxylic acids is 1. The Balaban J connectivity index is 3.12. The SMILES string of the molecule is CC(Nc1cc(S(C)(=O)=O)ccc1F)C(=O)O. The molecule has 0 fully saturated rings. The Bertz CT molecular complexity index is 541. The highest BCUT2D eigenvalue weighted by atomic mass is 32.2. The zero-order chi connectivity index (χ0) is 13.2.